The van der Waals surface area contributed by atoms with Gasteiger partial charge in [-0.2, -0.15) is 0 Å². The summed E-state index contributed by atoms with van der Waals surface area (Å²) < 4.78 is 5.27. The van der Waals surface area contributed by atoms with Crippen LogP contribution in [-0.4, -0.2) is 13.0 Å². The summed E-state index contributed by atoms with van der Waals surface area (Å²) in [7, 11) is 1.66. The number of anilines is 1. The zero-order valence-corrected chi connectivity index (χ0v) is 18.8. The number of fused-ring (bicyclic) bond motifs is 2. The van der Waals surface area contributed by atoms with Crippen LogP contribution in [0.1, 0.15) is 37.8 Å². The highest BCUT2D eigenvalue weighted by atomic mass is 16.5. The van der Waals surface area contributed by atoms with Gasteiger partial charge in [0.1, 0.15) is 5.75 Å². The predicted molar refractivity (Wildman–Crippen MR) is 130 cm³/mol. The number of methoxy groups -OCH3 is 1. The molecule has 0 atom stereocenters. The summed E-state index contributed by atoms with van der Waals surface area (Å²) in [4.78, 5) is 15.5. The Balaban J connectivity index is 1.53. The Morgan fingerprint density at radius 2 is 1.84 bits per heavy atom. The molecule has 5 rings (SSSR count). The number of allylic oxidation sites excluding steroid dienone is 9. The van der Waals surface area contributed by atoms with Gasteiger partial charge in [-0.3, -0.25) is 4.79 Å². The average Bonchev–Trinajstić information content (AvgIpc) is 3.16. The second-order valence-electron chi connectivity index (χ2n) is 8.61. The number of nitrogens with zero attached hydrogens (tertiary/aromatic N) is 1. The van der Waals surface area contributed by atoms with Crippen molar-refractivity contribution in [1.82, 2.24) is 0 Å². The van der Waals surface area contributed by atoms with Crippen molar-refractivity contribution >= 4 is 17.2 Å². The van der Waals surface area contributed by atoms with Crippen molar-refractivity contribution in [2.75, 3.05) is 12.0 Å². The Morgan fingerprint density at radius 1 is 1.06 bits per heavy atom. The Labute approximate surface area is 189 Å². The van der Waals surface area contributed by atoms with E-state index in [4.69, 9.17) is 4.74 Å². The fourth-order valence-corrected chi connectivity index (χ4v) is 4.84. The van der Waals surface area contributed by atoms with Crippen molar-refractivity contribution in [2.24, 2.45) is 0 Å². The number of hydrogen-bond donors (Lipinski definition) is 0. The van der Waals surface area contributed by atoms with Gasteiger partial charge in [-0.25, -0.2) is 0 Å². The number of para-hydroxylation sites is 1. The molecule has 3 aliphatic rings. The molecular formula is C29H27NO2. The molecule has 0 spiro atoms. The van der Waals surface area contributed by atoms with E-state index < -0.39 is 0 Å². The van der Waals surface area contributed by atoms with E-state index >= 15 is 0 Å². The first-order chi connectivity index (χ1) is 15.6. The first-order valence-electron chi connectivity index (χ1n) is 11.1. The van der Waals surface area contributed by atoms with Crippen molar-refractivity contribution < 1.29 is 9.53 Å². The summed E-state index contributed by atoms with van der Waals surface area (Å²) in [6.07, 6.45) is 10.9. The molecule has 0 N–H and O–H groups in total. The van der Waals surface area contributed by atoms with Gasteiger partial charge in [0.15, 0.2) is 0 Å². The molecule has 1 aliphatic heterocycles. The molecule has 0 unspecified atom stereocenters. The highest BCUT2D eigenvalue weighted by Crippen LogP contribution is 2.43. The maximum absolute atomic E-state index is 13.6. The lowest BCUT2D eigenvalue weighted by molar-refractivity contribution is -0.113. The minimum Gasteiger partial charge on any atom is -0.497 e. The van der Waals surface area contributed by atoms with Crippen LogP contribution in [0.5, 0.6) is 5.75 Å². The molecule has 0 fully saturated rings. The lowest BCUT2D eigenvalue weighted by atomic mass is 9.94. The van der Waals surface area contributed by atoms with E-state index in [1.165, 1.54) is 22.3 Å². The zero-order valence-electron chi connectivity index (χ0n) is 18.8. The van der Waals surface area contributed by atoms with Crippen LogP contribution >= 0.6 is 0 Å². The van der Waals surface area contributed by atoms with Gasteiger partial charge in [-0.1, -0.05) is 54.1 Å². The van der Waals surface area contributed by atoms with E-state index in [1.807, 2.05) is 47.4 Å². The molecule has 0 radical (unpaired) electrons. The van der Waals surface area contributed by atoms with Gasteiger partial charge in [0.25, 0.3) is 5.91 Å². The first kappa shape index (κ1) is 20.3. The van der Waals surface area contributed by atoms with Crippen LogP contribution in [0.2, 0.25) is 0 Å². The fourth-order valence-electron chi connectivity index (χ4n) is 4.84. The van der Waals surface area contributed by atoms with Crippen LogP contribution in [0.15, 0.2) is 101 Å². The molecule has 160 valence electrons. The van der Waals surface area contributed by atoms with Gasteiger partial charge in [-0.15, -0.1) is 0 Å². The molecular weight excluding hydrogens is 394 g/mol. The standard InChI is InChI=1S/C29H27NO2/c1-19-8-4-5-9-24-20(2)16-22(28(19)24)17-26-25-10-6-7-11-27(25)30(29(26)31)18-21-12-14-23(32-3)15-13-21/h5-7,9-17H,4,8,18H2,1-3H3/b26-17+. The molecule has 0 saturated heterocycles. The Morgan fingerprint density at radius 3 is 2.62 bits per heavy atom. The molecule has 1 amide bonds. The number of hydrogen-bond acceptors (Lipinski definition) is 2. The van der Waals surface area contributed by atoms with Crippen molar-refractivity contribution in [1.29, 1.82) is 0 Å². The fraction of sp³-hybridized carbons (Fsp3) is 0.207. The van der Waals surface area contributed by atoms with Gasteiger partial charge in [-0.05, 0) is 78.8 Å². The highest BCUT2D eigenvalue weighted by molar-refractivity contribution is 6.33. The van der Waals surface area contributed by atoms with Gasteiger partial charge in [0, 0.05) is 11.1 Å². The molecule has 2 aliphatic carbocycles. The number of ether oxygens (including phenoxy) is 1. The molecule has 2 aromatic carbocycles. The number of benzene rings is 2. The summed E-state index contributed by atoms with van der Waals surface area (Å²) >= 11 is 0. The second kappa shape index (κ2) is 8.16. The zero-order chi connectivity index (χ0) is 22.2. The Bertz CT molecular complexity index is 1250. The van der Waals surface area contributed by atoms with E-state index in [2.05, 4.69) is 44.2 Å². The van der Waals surface area contributed by atoms with Crippen molar-refractivity contribution in [3.05, 3.63) is 112 Å². The van der Waals surface area contributed by atoms with Gasteiger partial charge < -0.3 is 9.64 Å². The molecule has 3 nitrogen and oxygen atoms in total. The molecule has 0 aromatic heterocycles. The molecule has 0 bridgehead atoms. The van der Waals surface area contributed by atoms with E-state index in [-0.39, 0.29) is 5.91 Å². The van der Waals surface area contributed by atoms with Gasteiger partial charge in [0.05, 0.1) is 19.3 Å². The SMILES string of the molecule is COc1ccc(CN2C(=O)/C(=C/C3=CC(C)=C4C=CCCC(C)=C34)c3ccccc32)cc1. The average molecular weight is 422 g/mol. The minimum atomic E-state index is 0.0523. The van der Waals surface area contributed by atoms with Crippen molar-refractivity contribution in [3.63, 3.8) is 0 Å². The summed E-state index contributed by atoms with van der Waals surface area (Å²) in [5, 5.41) is 0. The maximum Gasteiger partial charge on any atom is 0.259 e. The number of carbonyl (C=O) groups is 1. The quantitative estimate of drug-likeness (QED) is 0.524. The maximum atomic E-state index is 13.6. The number of amides is 1. The summed E-state index contributed by atoms with van der Waals surface area (Å²) in [6.45, 7) is 4.90. The van der Waals surface area contributed by atoms with Crippen LogP contribution in [0.3, 0.4) is 0 Å². The molecule has 3 heteroatoms. The summed E-state index contributed by atoms with van der Waals surface area (Å²) in [6, 6.07) is 16.0. The van der Waals surface area contributed by atoms with E-state index in [9.17, 15) is 4.79 Å². The summed E-state index contributed by atoms with van der Waals surface area (Å²) in [5.74, 6) is 0.867. The number of rotatable bonds is 4. The van der Waals surface area contributed by atoms with Gasteiger partial charge >= 0.3 is 0 Å². The normalized spacial score (nSPS) is 18.8. The van der Waals surface area contributed by atoms with Crippen molar-refractivity contribution in [3.8, 4) is 5.75 Å². The third-order valence-electron chi connectivity index (χ3n) is 6.51. The lowest BCUT2D eigenvalue weighted by Gasteiger charge is -2.17. The van der Waals surface area contributed by atoms with Crippen LogP contribution < -0.4 is 9.64 Å². The van der Waals surface area contributed by atoms with Crippen LogP contribution in [-0.2, 0) is 11.3 Å². The minimum absolute atomic E-state index is 0.0523. The van der Waals surface area contributed by atoms with E-state index in [0.29, 0.717) is 6.54 Å². The van der Waals surface area contributed by atoms with Crippen molar-refractivity contribution in [2.45, 2.75) is 33.2 Å². The molecule has 1 heterocycles. The monoisotopic (exact) mass is 421 g/mol. The van der Waals surface area contributed by atoms with Crippen LogP contribution in [0.4, 0.5) is 5.69 Å². The third-order valence-corrected chi connectivity index (χ3v) is 6.51. The topological polar surface area (TPSA) is 29.5 Å². The Kier molecular flexibility index (Phi) is 5.18. The van der Waals surface area contributed by atoms with E-state index in [0.717, 1.165) is 46.6 Å². The number of carbonyl (C=O) groups excluding carboxylic acids is 1. The predicted octanol–water partition coefficient (Wildman–Crippen LogP) is 6.55. The first-order valence-corrected chi connectivity index (χ1v) is 11.1. The highest BCUT2D eigenvalue weighted by Gasteiger charge is 2.33. The smallest absolute Gasteiger partial charge is 0.259 e. The van der Waals surface area contributed by atoms with E-state index in [1.54, 1.807) is 7.11 Å². The third kappa shape index (κ3) is 3.44. The Hall–Kier alpha value is -3.59. The second-order valence-corrected chi connectivity index (χ2v) is 8.61. The summed E-state index contributed by atoms with van der Waals surface area (Å²) in [5.41, 5.74) is 10.2. The van der Waals surface area contributed by atoms with Gasteiger partial charge in [0.2, 0.25) is 0 Å². The van der Waals surface area contributed by atoms with Crippen LogP contribution in [0, 0.1) is 0 Å². The lowest BCUT2D eigenvalue weighted by Crippen LogP contribution is -2.25. The molecule has 32 heavy (non-hydrogen) atoms. The largest absolute Gasteiger partial charge is 0.497 e. The molecule has 2 aromatic rings. The molecule has 0 saturated carbocycles. The van der Waals surface area contributed by atoms with Crippen LogP contribution in [0.25, 0.3) is 5.57 Å².